The van der Waals surface area contributed by atoms with Crippen LogP contribution in [0.1, 0.15) is 5.76 Å². The van der Waals surface area contributed by atoms with Crippen molar-refractivity contribution in [3.05, 3.63) is 47.2 Å². The van der Waals surface area contributed by atoms with Crippen LogP contribution in [0.4, 0.5) is 17.5 Å². The number of aryl methyl sites for hydroxylation is 1. The van der Waals surface area contributed by atoms with E-state index in [0.717, 1.165) is 0 Å². The molecule has 2 N–H and O–H groups in total. The third kappa shape index (κ3) is 4.03. The van der Waals surface area contributed by atoms with Gasteiger partial charge in [-0.2, -0.15) is 0 Å². The Kier molecular flexibility index (Phi) is 4.96. The summed E-state index contributed by atoms with van der Waals surface area (Å²) in [5.41, 5.74) is 0. The second-order valence-corrected chi connectivity index (χ2v) is 7.24. The molecule has 0 unspecified atom stereocenters. The van der Waals surface area contributed by atoms with E-state index in [0.29, 0.717) is 17.4 Å². The zero-order valence-electron chi connectivity index (χ0n) is 13.7. The van der Waals surface area contributed by atoms with Gasteiger partial charge >= 0.3 is 0 Å². The highest BCUT2D eigenvalue weighted by Crippen LogP contribution is 2.28. The van der Waals surface area contributed by atoms with Crippen molar-refractivity contribution in [1.82, 2.24) is 15.4 Å². The van der Waals surface area contributed by atoms with Crippen molar-refractivity contribution in [3.63, 3.8) is 0 Å². The van der Waals surface area contributed by atoms with Gasteiger partial charge in [0.05, 0.1) is 7.11 Å². The van der Waals surface area contributed by atoms with Crippen LogP contribution in [0, 0.1) is 6.92 Å². The topological polar surface area (TPSA) is 119 Å². The number of anilines is 3. The number of rotatable bonds is 6. The van der Waals surface area contributed by atoms with E-state index in [2.05, 4.69) is 25.4 Å². The maximum atomic E-state index is 12.6. The molecule has 0 saturated carbocycles. The van der Waals surface area contributed by atoms with Crippen LogP contribution < -0.4 is 14.8 Å². The zero-order valence-corrected chi connectivity index (χ0v) is 15.3. The molecule has 2 heterocycles. The highest BCUT2D eigenvalue weighted by molar-refractivity contribution is 7.92. The Hall–Kier alpha value is -2.85. The summed E-state index contributed by atoms with van der Waals surface area (Å²) in [6.07, 6.45) is 0. The van der Waals surface area contributed by atoms with Crippen LogP contribution in [0.15, 0.2) is 45.8 Å². The minimum absolute atomic E-state index is 0.0360. The van der Waals surface area contributed by atoms with Gasteiger partial charge in [0.2, 0.25) is 0 Å². The lowest BCUT2D eigenvalue weighted by Crippen LogP contribution is -2.15. The van der Waals surface area contributed by atoms with Crippen LogP contribution in [0.2, 0.25) is 5.02 Å². The Morgan fingerprint density at radius 1 is 1.08 bits per heavy atom. The average molecular weight is 396 g/mol. The summed E-state index contributed by atoms with van der Waals surface area (Å²) in [6, 6.07) is 8.98. The lowest BCUT2D eigenvalue weighted by molar-refractivity contribution is 0.400. The molecule has 26 heavy (non-hydrogen) atoms. The zero-order chi connectivity index (χ0) is 18.7. The number of benzene rings is 1. The van der Waals surface area contributed by atoms with E-state index in [-0.39, 0.29) is 21.5 Å². The first-order chi connectivity index (χ1) is 12.4. The number of nitrogens with one attached hydrogen (secondary N) is 2. The number of hydrogen-bond donors (Lipinski definition) is 2. The lowest BCUT2D eigenvalue weighted by Gasteiger charge is -2.11. The normalized spacial score (nSPS) is 11.2. The smallest absolute Gasteiger partial charge is 0.266 e. The van der Waals surface area contributed by atoms with Crippen molar-refractivity contribution in [2.24, 2.45) is 0 Å². The summed E-state index contributed by atoms with van der Waals surface area (Å²) < 4.78 is 37.4. The first kappa shape index (κ1) is 18.0. The number of hydrogen-bond acceptors (Lipinski definition) is 8. The van der Waals surface area contributed by atoms with Gasteiger partial charge in [0.1, 0.15) is 16.4 Å². The van der Waals surface area contributed by atoms with Crippen molar-refractivity contribution in [3.8, 4) is 5.75 Å². The molecule has 0 saturated heterocycles. The van der Waals surface area contributed by atoms with Gasteiger partial charge < -0.3 is 14.6 Å². The fraction of sp³-hybridized carbons (Fsp3) is 0.133. The maximum Gasteiger partial charge on any atom is 0.266 e. The van der Waals surface area contributed by atoms with Gasteiger partial charge in [-0.1, -0.05) is 16.8 Å². The molecule has 0 aliphatic carbocycles. The molecule has 9 nitrogen and oxygen atoms in total. The van der Waals surface area contributed by atoms with Gasteiger partial charge in [0.25, 0.3) is 10.0 Å². The Bertz CT molecular complexity index is 1020. The third-order valence-electron chi connectivity index (χ3n) is 3.20. The van der Waals surface area contributed by atoms with E-state index in [9.17, 15) is 8.42 Å². The van der Waals surface area contributed by atoms with Crippen LogP contribution in [0.3, 0.4) is 0 Å². The molecule has 1 aromatic carbocycles. The number of halogens is 1. The molecule has 3 aromatic rings. The van der Waals surface area contributed by atoms with Gasteiger partial charge in [-0.15, -0.1) is 10.2 Å². The highest BCUT2D eigenvalue weighted by atomic mass is 35.5. The van der Waals surface area contributed by atoms with Crippen molar-refractivity contribution in [2.75, 3.05) is 17.1 Å². The maximum absolute atomic E-state index is 12.6. The number of aromatic nitrogens is 3. The van der Waals surface area contributed by atoms with E-state index in [1.54, 1.807) is 19.1 Å². The van der Waals surface area contributed by atoms with Crippen molar-refractivity contribution < 1.29 is 17.7 Å². The van der Waals surface area contributed by atoms with Crippen molar-refractivity contribution in [2.45, 2.75) is 11.8 Å². The average Bonchev–Trinajstić information content (AvgIpc) is 3.01. The van der Waals surface area contributed by atoms with Gasteiger partial charge in [0.15, 0.2) is 17.5 Å². The highest BCUT2D eigenvalue weighted by Gasteiger charge is 2.21. The van der Waals surface area contributed by atoms with Crippen LogP contribution >= 0.6 is 11.6 Å². The molecule has 2 aromatic heterocycles. The summed E-state index contributed by atoms with van der Waals surface area (Å²) in [7, 11) is -2.59. The second-order valence-electron chi connectivity index (χ2n) is 5.15. The Morgan fingerprint density at radius 2 is 1.81 bits per heavy atom. The number of ether oxygens (including phenoxy) is 1. The molecular formula is C15H14ClN5O4S. The van der Waals surface area contributed by atoms with E-state index in [4.69, 9.17) is 20.9 Å². The summed E-state index contributed by atoms with van der Waals surface area (Å²) >= 11 is 5.88. The molecule has 3 rings (SSSR count). The van der Waals surface area contributed by atoms with Crippen molar-refractivity contribution >= 4 is 39.1 Å². The Morgan fingerprint density at radius 3 is 2.42 bits per heavy atom. The molecule has 11 heteroatoms. The predicted octanol–water partition coefficient (Wildman–Crippen LogP) is 2.98. The first-order valence-electron chi connectivity index (χ1n) is 7.28. The van der Waals surface area contributed by atoms with Crippen molar-refractivity contribution in [1.29, 1.82) is 0 Å². The number of methoxy groups -OCH3 is 1. The van der Waals surface area contributed by atoms with Gasteiger partial charge in [-0.25, -0.2) is 8.42 Å². The largest absolute Gasteiger partial charge is 0.495 e. The van der Waals surface area contributed by atoms with Gasteiger partial charge in [-0.05, 0) is 37.3 Å². The standard InChI is InChI=1S/C15H14ClN5O4S/c1-9-7-15(20-25-9)17-13-5-6-14(19-18-13)21-26(22,23)12-8-10(16)3-4-11(12)24-2/h3-8H,1-2H3,(H,19,21)(H,17,18,20). The third-order valence-corrected chi connectivity index (χ3v) is 4.81. The molecular weight excluding hydrogens is 382 g/mol. The first-order valence-corrected chi connectivity index (χ1v) is 9.14. The van der Waals surface area contributed by atoms with Gasteiger partial charge in [-0.3, -0.25) is 4.72 Å². The molecule has 0 aliphatic rings. The molecule has 0 aliphatic heterocycles. The van der Waals surface area contributed by atoms with Crippen LogP contribution in [-0.2, 0) is 10.0 Å². The molecule has 0 amide bonds. The molecule has 0 spiro atoms. The van der Waals surface area contributed by atoms with E-state index >= 15 is 0 Å². The quantitative estimate of drug-likeness (QED) is 0.653. The molecule has 0 atom stereocenters. The van der Waals surface area contributed by atoms with Gasteiger partial charge in [0, 0.05) is 11.1 Å². The minimum Gasteiger partial charge on any atom is -0.495 e. The second kappa shape index (κ2) is 7.18. The summed E-state index contributed by atoms with van der Waals surface area (Å²) in [5.74, 6) is 1.68. The van der Waals surface area contributed by atoms with E-state index < -0.39 is 10.0 Å². The van der Waals surface area contributed by atoms with Crippen LogP contribution in [0.25, 0.3) is 0 Å². The lowest BCUT2D eigenvalue weighted by atomic mass is 10.3. The molecule has 0 bridgehead atoms. The SMILES string of the molecule is COc1ccc(Cl)cc1S(=O)(=O)Nc1ccc(Nc2cc(C)on2)nn1. The summed E-state index contributed by atoms with van der Waals surface area (Å²) in [6.45, 7) is 1.76. The fourth-order valence-electron chi connectivity index (χ4n) is 2.06. The molecule has 0 radical (unpaired) electrons. The summed E-state index contributed by atoms with van der Waals surface area (Å²) in [5, 5.41) is 14.6. The molecule has 0 fully saturated rings. The van der Waals surface area contributed by atoms with Crippen LogP contribution in [0.5, 0.6) is 5.75 Å². The predicted molar refractivity (Wildman–Crippen MR) is 95.4 cm³/mol. The minimum atomic E-state index is -3.96. The number of sulfonamides is 1. The summed E-state index contributed by atoms with van der Waals surface area (Å²) in [4.78, 5) is -0.102. The van der Waals surface area contributed by atoms with E-state index in [1.165, 1.54) is 31.4 Å². The Balaban J connectivity index is 1.79. The molecule has 136 valence electrons. The fourth-order valence-corrected chi connectivity index (χ4v) is 3.49. The van der Waals surface area contributed by atoms with E-state index in [1.807, 2.05) is 0 Å². The Labute approximate surface area is 154 Å². The monoisotopic (exact) mass is 395 g/mol. The number of nitrogens with zero attached hydrogens (tertiary/aromatic N) is 3. The van der Waals surface area contributed by atoms with Crippen LogP contribution in [-0.4, -0.2) is 30.9 Å².